The number of nitrogens with zero attached hydrogens (tertiary/aromatic N) is 1. The molecule has 0 saturated carbocycles. The summed E-state index contributed by atoms with van der Waals surface area (Å²) in [4.78, 5) is 15.4. The Labute approximate surface area is 177 Å². The van der Waals surface area contributed by atoms with E-state index in [9.17, 15) is 4.79 Å². The second-order valence-corrected chi connectivity index (χ2v) is 8.12. The van der Waals surface area contributed by atoms with Crippen LogP contribution in [0.4, 0.5) is 5.69 Å². The molecule has 2 aromatic carbocycles. The van der Waals surface area contributed by atoms with Gasteiger partial charge < -0.3 is 19.7 Å². The van der Waals surface area contributed by atoms with E-state index in [0.29, 0.717) is 37.7 Å². The molecule has 1 aliphatic rings. The molecule has 0 spiro atoms. The molecule has 1 aliphatic heterocycles. The number of hydrogen-bond acceptors (Lipinski definition) is 4. The van der Waals surface area contributed by atoms with Crippen molar-refractivity contribution in [3.05, 3.63) is 59.1 Å². The van der Waals surface area contributed by atoms with Gasteiger partial charge in [0.05, 0.1) is 12.0 Å². The van der Waals surface area contributed by atoms with E-state index in [-0.39, 0.29) is 5.91 Å². The van der Waals surface area contributed by atoms with Gasteiger partial charge in [-0.3, -0.25) is 4.79 Å². The minimum absolute atomic E-state index is 0.0113. The lowest BCUT2D eigenvalue weighted by molar-refractivity contribution is -0.125. The molecule has 2 aromatic rings. The van der Waals surface area contributed by atoms with Crippen LogP contribution >= 0.6 is 11.6 Å². The van der Waals surface area contributed by atoms with Gasteiger partial charge in [0.25, 0.3) is 0 Å². The van der Waals surface area contributed by atoms with Gasteiger partial charge >= 0.3 is 0 Å². The highest BCUT2D eigenvalue weighted by molar-refractivity contribution is 6.30. The van der Waals surface area contributed by atoms with Gasteiger partial charge in [0.15, 0.2) is 0 Å². The van der Waals surface area contributed by atoms with Crippen LogP contribution < -0.4 is 10.1 Å². The zero-order chi connectivity index (χ0) is 20.7. The van der Waals surface area contributed by atoms with Crippen molar-refractivity contribution in [2.45, 2.75) is 24.7 Å². The largest absolute Gasteiger partial charge is 0.494 e. The molecule has 0 aliphatic carbocycles. The Hall–Kier alpha value is -2.08. The van der Waals surface area contributed by atoms with Crippen molar-refractivity contribution in [2.75, 3.05) is 45.8 Å². The zero-order valence-corrected chi connectivity index (χ0v) is 17.9. The number of halogens is 1. The SMILES string of the molecule is CN(C)CCCOc1ccc(NC(=O)C2(c3ccc(Cl)cc3)CCOCC2)cc1. The highest BCUT2D eigenvalue weighted by Crippen LogP contribution is 2.36. The average molecular weight is 417 g/mol. The summed E-state index contributed by atoms with van der Waals surface area (Å²) in [6, 6.07) is 15.1. The molecule has 0 unspecified atom stereocenters. The predicted octanol–water partition coefficient (Wildman–Crippen LogP) is 4.36. The van der Waals surface area contributed by atoms with E-state index in [1.165, 1.54) is 0 Å². The molecule has 1 N–H and O–H groups in total. The number of carbonyl (C=O) groups is 1. The van der Waals surface area contributed by atoms with Crippen LogP contribution in [0.5, 0.6) is 5.75 Å². The lowest BCUT2D eigenvalue weighted by Crippen LogP contribution is -2.44. The number of amides is 1. The number of rotatable bonds is 8. The first-order valence-electron chi connectivity index (χ1n) is 10.0. The van der Waals surface area contributed by atoms with Gasteiger partial charge in [0, 0.05) is 30.5 Å². The summed E-state index contributed by atoms with van der Waals surface area (Å²) in [5.74, 6) is 0.794. The predicted molar refractivity (Wildman–Crippen MR) is 117 cm³/mol. The van der Waals surface area contributed by atoms with E-state index in [1.807, 2.05) is 62.6 Å². The molecule has 5 nitrogen and oxygen atoms in total. The third kappa shape index (κ3) is 5.72. The van der Waals surface area contributed by atoms with Crippen molar-refractivity contribution in [3.8, 4) is 5.75 Å². The first-order chi connectivity index (χ1) is 14.0. The molecule has 156 valence electrons. The Balaban J connectivity index is 1.66. The van der Waals surface area contributed by atoms with Crippen LogP contribution in [0.25, 0.3) is 0 Å². The van der Waals surface area contributed by atoms with Crippen LogP contribution in [0, 0.1) is 0 Å². The van der Waals surface area contributed by atoms with Crippen LogP contribution in [0.2, 0.25) is 5.02 Å². The van der Waals surface area contributed by atoms with E-state index < -0.39 is 5.41 Å². The van der Waals surface area contributed by atoms with Crippen molar-refractivity contribution >= 4 is 23.2 Å². The smallest absolute Gasteiger partial charge is 0.235 e. The molecule has 0 aromatic heterocycles. The molecule has 29 heavy (non-hydrogen) atoms. The standard InChI is InChI=1S/C23H29ClN2O3/c1-26(2)14-3-15-29-21-10-8-20(9-11-21)25-22(27)23(12-16-28-17-13-23)18-4-6-19(24)7-5-18/h4-11H,3,12-17H2,1-2H3,(H,25,27). The minimum atomic E-state index is -0.607. The Bertz CT molecular complexity index is 785. The molecule has 0 atom stereocenters. The van der Waals surface area contributed by atoms with Crippen LogP contribution in [-0.4, -0.2) is 51.3 Å². The summed E-state index contributed by atoms with van der Waals surface area (Å²) in [6.07, 6.45) is 2.26. The number of carbonyl (C=O) groups excluding carboxylic acids is 1. The minimum Gasteiger partial charge on any atom is -0.494 e. The quantitative estimate of drug-likeness (QED) is 0.649. The molecule has 3 rings (SSSR count). The monoisotopic (exact) mass is 416 g/mol. The maximum Gasteiger partial charge on any atom is 0.235 e. The maximum atomic E-state index is 13.3. The van der Waals surface area contributed by atoms with E-state index in [0.717, 1.165) is 30.0 Å². The van der Waals surface area contributed by atoms with Crippen LogP contribution in [0.15, 0.2) is 48.5 Å². The Morgan fingerprint density at radius 2 is 1.76 bits per heavy atom. The molecule has 6 heteroatoms. The Morgan fingerprint density at radius 3 is 2.38 bits per heavy atom. The number of ether oxygens (including phenoxy) is 2. The summed E-state index contributed by atoms with van der Waals surface area (Å²) in [7, 11) is 4.10. The summed E-state index contributed by atoms with van der Waals surface area (Å²) in [5, 5.41) is 3.75. The second-order valence-electron chi connectivity index (χ2n) is 7.69. The van der Waals surface area contributed by atoms with Crippen molar-refractivity contribution < 1.29 is 14.3 Å². The van der Waals surface area contributed by atoms with E-state index in [2.05, 4.69) is 10.2 Å². The average Bonchev–Trinajstić information content (AvgIpc) is 2.73. The van der Waals surface area contributed by atoms with E-state index in [4.69, 9.17) is 21.1 Å². The summed E-state index contributed by atoms with van der Waals surface area (Å²) < 4.78 is 11.3. The molecule has 0 bridgehead atoms. The number of hydrogen-bond donors (Lipinski definition) is 1. The van der Waals surface area contributed by atoms with Crippen LogP contribution in [0.3, 0.4) is 0 Å². The third-order valence-electron chi connectivity index (χ3n) is 5.31. The van der Waals surface area contributed by atoms with Crippen molar-refractivity contribution in [1.82, 2.24) is 4.90 Å². The van der Waals surface area contributed by atoms with E-state index >= 15 is 0 Å². The summed E-state index contributed by atoms with van der Waals surface area (Å²) >= 11 is 6.04. The van der Waals surface area contributed by atoms with Gasteiger partial charge in [-0.1, -0.05) is 23.7 Å². The second kappa shape index (κ2) is 10.1. The van der Waals surface area contributed by atoms with E-state index in [1.54, 1.807) is 0 Å². The van der Waals surface area contributed by atoms with Gasteiger partial charge in [0.2, 0.25) is 5.91 Å². The maximum absolute atomic E-state index is 13.3. The number of benzene rings is 2. The molecular formula is C23H29ClN2O3. The Kier molecular flexibility index (Phi) is 7.53. The molecule has 0 radical (unpaired) electrons. The first-order valence-corrected chi connectivity index (χ1v) is 10.4. The van der Waals surface area contributed by atoms with Crippen LogP contribution in [-0.2, 0) is 14.9 Å². The first kappa shape index (κ1) is 21.6. The Morgan fingerprint density at radius 1 is 1.10 bits per heavy atom. The molecule has 1 saturated heterocycles. The fourth-order valence-electron chi connectivity index (χ4n) is 3.59. The topological polar surface area (TPSA) is 50.8 Å². The fraction of sp³-hybridized carbons (Fsp3) is 0.435. The molecule has 1 heterocycles. The van der Waals surface area contributed by atoms with Crippen LogP contribution in [0.1, 0.15) is 24.8 Å². The number of anilines is 1. The highest BCUT2D eigenvalue weighted by atomic mass is 35.5. The third-order valence-corrected chi connectivity index (χ3v) is 5.56. The molecular weight excluding hydrogens is 388 g/mol. The van der Waals surface area contributed by atoms with Crippen molar-refractivity contribution in [1.29, 1.82) is 0 Å². The van der Waals surface area contributed by atoms with Gasteiger partial charge in [-0.05, 0) is 75.3 Å². The van der Waals surface area contributed by atoms with Crippen molar-refractivity contribution in [2.24, 2.45) is 0 Å². The van der Waals surface area contributed by atoms with Crippen molar-refractivity contribution in [3.63, 3.8) is 0 Å². The normalized spacial score (nSPS) is 15.9. The zero-order valence-electron chi connectivity index (χ0n) is 17.1. The fourth-order valence-corrected chi connectivity index (χ4v) is 3.72. The van der Waals surface area contributed by atoms with Gasteiger partial charge in [-0.2, -0.15) is 0 Å². The lowest BCUT2D eigenvalue weighted by atomic mass is 9.73. The summed E-state index contributed by atoms with van der Waals surface area (Å²) in [6.45, 7) is 2.79. The lowest BCUT2D eigenvalue weighted by Gasteiger charge is -2.36. The van der Waals surface area contributed by atoms with Gasteiger partial charge in [-0.15, -0.1) is 0 Å². The van der Waals surface area contributed by atoms with Gasteiger partial charge in [0.1, 0.15) is 5.75 Å². The van der Waals surface area contributed by atoms with Gasteiger partial charge in [-0.25, -0.2) is 0 Å². The molecule has 1 amide bonds. The molecule has 1 fully saturated rings. The summed E-state index contributed by atoms with van der Waals surface area (Å²) in [5.41, 5.74) is 1.13. The number of nitrogens with one attached hydrogen (secondary N) is 1. The highest BCUT2D eigenvalue weighted by Gasteiger charge is 2.41.